The van der Waals surface area contributed by atoms with Crippen LogP contribution in [-0.4, -0.2) is 12.1 Å². The third-order valence-electron chi connectivity index (χ3n) is 4.26. The molecule has 14 heavy (non-hydrogen) atoms. The summed E-state index contributed by atoms with van der Waals surface area (Å²) in [6, 6.07) is 0. The maximum Gasteiger partial charge on any atom is 0.302 e. The fraction of sp³-hybridized carbons (Fsp3) is 0.750. The Bertz CT molecular complexity index is 295. The molecule has 2 bridgehead atoms. The van der Waals surface area contributed by atoms with E-state index in [0.717, 1.165) is 24.2 Å². The van der Waals surface area contributed by atoms with Crippen LogP contribution in [0.4, 0.5) is 0 Å². The van der Waals surface area contributed by atoms with Gasteiger partial charge in [-0.15, -0.1) is 0 Å². The first-order valence-electron chi connectivity index (χ1n) is 5.59. The van der Waals surface area contributed by atoms with Gasteiger partial charge in [0.15, 0.2) is 0 Å². The highest BCUT2D eigenvalue weighted by atomic mass is 16.5. The minimum atomic E-state index is -0.106. The van der Waals surface area contributed by atoms with Gasteiger partial charge >= 0.3 is 5.97 Å². The van der Waals surface area contributed by atoms with Crippen molar-refractivity contribution < 1.29 is 9.53 Å². The van der Waals surface area contributed by atoms with E-state index in [4.69, 9.17) is 4.74 Å². The van der Waals surface area contributed by atoms with Gasteiger partial charge in [-0.3, -0.25) is 4.79 Å². The van der Waals surface area contributed by atoms with Gasteiger partial charge in [0, 0.05) is 6.92 Å². The second-order valence-electron chi connectivity index (χ2n) is 4.95. The second kappa shape index (κ2) is 2.85. The molecule has 0 N–H and O–H groups in total. The van der Waals surface area contributed by atoms with Gasteiger partial charge < -0.3 is 4.74 Å². The van der Waals surface area contributed by atoms with Gasteiger partial charge in [-0.25, -0.2) is 0 Å². The van der Waals surface area contributed by atoms with E-state index in [2.05, 4.69) is 12.2 Å². The number of carbonyl (C=O) groups is 1. The normalized spacial score (nSPS) is 48.2. The molecular weight excluding hydrogens is 176 g/mol. The Labute approximate surface area is 84.3 Å². The summed E-state index contributed by atoms with van der Waals surface area (Å²) in [7, 11) is 0. The molecule has 2 nitrogen and oxygen atoms in total. The molecule has 2 fully saturated rings. The molecule has 3 aliphatic rings. The number of fused-ring (bicyclic) bond motifs is 5. The number of hydrogen-bond donors (Lipinski definition) is 0. The Kier molecular flexibility index (Phi) is 1.73. The zero-order valence-corrected chi connectivity index (χ0v) is 8.48. The van der Waals surface area contributed by atoms with Gasteiger partial charge in [0.2, 0.25) is 0 Å². The van der Waals surface area contributed by atoms with Crippen LogP contribution < -0.4 is 0 Å². The number of allylic oxidation sites excluding steroid dienone is 2. The quantitative estimate of drug-likeness (QED) is 0.470. The van der Waals surface area contributed by atoms with Crippen molar-refractivity contribution in [1.82, 2.24) is 0 Å². The molecule has 2 heteroatoms. The van der Waals surface area contributed by atoms with E-state index in [-0.39, 0.29) is 12.1 Å². The summed E-state index contributed by atoms with van der Waals surface area (Å²) in [6.45, 7) is 1.52. The van der Waals surface area contributed by atoms with Crippen LogP contribution in [0.25, 0.3) is 0 Å². The van der Waals surface area contributed by atoms with Crippen molar-refractivity contribution in [3.8, 4) is 0 Å². The molecular formula is C12H16O2. The molecule has 0 saturated heterocycles. The number of esters is 1. The van der Waals surface area contributed by atoms with Crippen molar-refractivity contribution in [3.63, 3.8) is 0 Å². The highest BCUT2D eigenvalue weighted by Gasteiger charge is 2.53. The minimum absolute atomic E-state index is 0.106. The van der Waals surface area contributed by atoms with Crippen LogP contribution in [0.3, 0.4) is 0 Å². The molecule has 0 aromatic rings. The third kappa shape index (κ3) is 1.06. The molecule has 76 valence electrons. The molecule has 0 aromatic heterocycles. The zero-order valence-electron chi connectivity index (χ0n) is 8.48. The molecule has 3 aliphatic carbocycles. The predicted molar refractivity (Wildman–Crippen MR) is 52.5 cm³/mol. The zero-order chi connectivity index (χ0) is 9.71. The highest BCUT2D eigenvalue weighted by Crippen LogP contribution is 2.57. The molecule has 0 radical (unpaired) electrons. The number of ether oxygens (including phenoxy) is 1. The van der Waals surface area contributed by atoms with Crippen LogP contribution in [0.1, 0.15) is 26.2 Å². The van der Waals surface area contributed by atoms with Gasteiger partial charge in [0.05, 0.1) is 0 Å². The molecule has 0 aliphatic heterocycles. The van der Waals surface area contributed by atoms with E-state index in [9.17, 15) is 4.79 Å². The number of rotatable bonds is 1. The SMILES string of the molecule is CC(=O)O[C@H]1C[C@H]2C[C@H]1[C@H]1CC=C[C@@H]21. The fourth-order valence-corrected chi connectivity index (χ4v) is 3.84. The highest BCUT2D eigenvalue weighted by molar-refractivity contribution is 5.66. The van der Waals surface area contributed by atoms with E-state index in [1.54, 1.807) is 0 Å². The van der Waals surface area contributed by atoms with Crippen LogP contribution in [-0.2, 0) is 9.53 Å². The predicted octanol–water partition coefficient (Wildman–Crippen LogP) is 2.15. The smallest absolute Gasteiger partial charge is 0.302 e. The van der Waals surface area contributed by atoms with Crippen LogP contribution in [0.2, 0.25) is 0 Å². The lowest BCUT2D eigenvalue weighted by molar-refractivity contribution is -0.150. The van der Waals surface area contributed by atoms with Crippen molar-refractivity contribution >= 4 is 5.97 Å². The first-order valence-corrected chi connectivity index (χ1v) is 5.59. The number of hydrogen-bond acceptors (Lipinski definition) is 2. The maximum absolute atomic E-state index is 10.9. The van der Waals surface area contributed by atoms with Crippen molar-refractivity contribution in [2.24, 2.45) is 23.7 Å². The summed E-state index contributed by atoms with van der Waals surface area (Å²) in [5, 5.41) is 0. The van der Waals surface area contributed by atoms with Gasteiger partial charge in [0.1, 0.15) is 6.10 Å². The van der Waals surface area contributed by atoms with E-state index in [1.807, 2.05) is 0 Å². The van der Waals surface area contributed by atoms with E-state index >= 15 is 0 Å². The average molecular weight is 192 g/mol. The van der Waals surface area contributed by atoms with Crippen LogP contribution in [0.15, 0.2) is 12.2 Å². The minimum Gasteiger partial charge on any atom is -0.462 e. The largest absolute Gasteiger partial charge is 0.462 e. The Morgan fingerprint density at radius 1 is 1.36 bits per heavy atom. The van der Waals surface area contributed by atoms with Gasteiger partial charge in [-0.05, 0) is 42.9 Å². The monoisotopic (exact) mass is 192 g/mol. The Balaban J connectivity index is 1.75. The Hall–Kier alpha value is -0.790. The van der Waals surface area contributed by atoms with Gasteiger partial charge in [-0.1, -0.05) is 12.2 Å². The molecule has 0 aromatic carbocycles. The lowest BCUT2D eigenvalue weighted by atomic mass is 9.80. The van der Waals surface area contributed by atoms with Gasteiger partial charge in [-0.2, -0.15) is 0 Å². The summed E-state index contributed by atoms with van der Waals surface area (Å²) in [6.07, 6.45) is 8.54. The van der Waals surface area contributed by atoms with Crippen molar-refractivity contribution in [2.75, 3.05) is 0 Å². The summed E-state index contributed by atoms with van der Waals surface area (Å²) >= 11 is 0. The topological polar surface area (TPSA) is 26.3 Å². The van der Waals surface area contributed by atoms with Gasteiger partial charge in [0.25, 0.3) is 0 Å². The molecule has 3 rings (SSSR count). The van der Waals surface area contributed by atoms with E-state index < -0.39 is 0 Å². The Morgan fingerprint density at radius 3 is 3.00 bits per heavy atom. The van der Waals surface area contributed by atoms with E-state index in [1.165, 1.54) is 19.8 Å². The number of carbonyl (C=O) groups excluding carboxylic acids is 1. The summed E-state index contributed by atoms with van der Waals surface area (Å²) in [5.74, 6) is 2.95. The summed E-state index contributed by atoms with van der Waals surface area (Å²) < 4.78 is 5.39. The first kappa shape index (κ1) is 8.51. The molecule has 0 amide bonds. The Morgan fingerprint density at radius 2 is 2.21 bits per heavy atom. The lowest BCUT2D eigenvalue weighted by Gasteiger charge is -2.30. The van der Waals surface area contributed by atoms with Crippen LogP contribution in [0, 0.1) is 23.7 Å². The average Bonchev–Trinajstić information content (AvgIpc) is 2.68. The van der Waals surface area contributed by atoms with Crippen LogP contribution in [0.5, 0.6) is 0 Å². The maximum atomic E-state index is 10.9. The van der Waals surface area contributed by atoms with E-state index in [0.29, 0.717) is 5.92 Å². The second-order valence-corrected chi connectivity index (χ2v) is 4.95. The van der Waals surface area contributed by atoms with Crippen molar-refractivity contribution in [3.05, 3.63) is 12.2 Å². The third-order valence-corrected chi connectivity index (χ3v) is 4.26. The molecule has 5 atom stereocenters. The standard InChI is InChI=1S/C12H16O2/c1-7(13)14-12-6-8-5-11(12)10-4-2-3-9(8)10/h2-3,8-12H,4-6H2,1H3/t8-,9+,10+,11+,12+/m1/s1. The van der Waals surface area contributed by atoms with Crippen molar-refractivity contribution in [2.45, 2.75) is 32.3 Å². The molecule has 0 heterocycles. The first-order chi connectivity index (χ1) is 6.75. The summed E-state index contributed by atoms with van der Waals surface area (Å²) in [5.41, 5.74) is 0. The summed E-state index contributed by atoms with van der Waals surface area (Å²) in [4.78, 5) is 10.9. The molecule has 2 saturated carbocycles. The molecule has 0 spiro atoms. The van der Waals surface area contributed by atoms with Crippen LogP contribution >= 0.6 is 0 Å². The molecule has 0 unspecified atom stereocenters. The van der Waals surface area contributed by atoms with Crippen molar-refractivity contribution in [1.29, 1.82) is 0 Å². The fourth-order valence-electron chi connectivity index (χ4n) is 3.84. The lowest BCUT2D eigenvalue weighted by Crippen LogP contribution is -2.31.